The first-order chi connectivity index (χ1) is 14.7. The Kier molecular flexibility index (Phi) is 6.91. The van der Waals surface area contributed by atoms with Crippen LogP contribution in [0.1, 0.15) is 28.8 Å². The Labute approximate surface area is 181 Å². The van der Waals surface area contributed by atoms with Gasteiger partial charge in [-0.3, -0.25) is 9.59 Å². The Balaban J connectivity index is 1.75. The van der Waals surface area contributed by atoms with Crippen LogP contribution in [0.2, 0.25) is 0 Å². The van der Waals surface area contributed by atoms with E-state index < -0.39 is 10.0 Å². The number of rotatable bonds is 6. The van der Waals surface area contributed by atoms with Gasteiger partial charge in [0, 0.05) is 24.8 Å². The molecule has 1 atom stereocenters. The maximum absolute atomic E-state index is 13.1. The maximum Gasteiger partial charge on any atom is 0.253 e. The van der Waals surface area contributed by atoms with Crippen molar-refractivity contribution in [1.82, 2.24) is 14.6 Å². The fourth-order valence-corrected chi connectivity index (χ4v) is 4.38. The summed E-state index contributed by atoms with van der Waals surface area (Å²) in [6.07, 6.45) is 3.00. The van der Waals surface area contributed by atoms with Crippen LogP contribution in [0.25, 0.3) is 0 Å². The second kappa shape index (κ2) is 9.44. The Bertz CT molecular complexity index is 1070. The molecule has 0 radical (unpaired) electrons. The van der Waals surface area contributed by atoms with Gasteiger partial charge in [0.1, 0.15) is 16.5 Å². The zero-order valence-corrected chi connectivity index (χ0v) is 18.5. The molecule has 2 N–H and O–H groups in total. The number of carbonyl (C=O) groups excluding carboxylic acids is 2. The lowest BCUT2D eigenvalue weighted by molar-refractivity contribution is -0.121. The largest absolute Gasteiger partial charge is 0.495 e. The molecular weight excluding hydrogens is 420 g/mol. The number of hydrogen-bond acceptors (Lipinski definition) is 6. The Hall–Kier alpha value is -2.98. The molecule has 10 heteroatoms. The molecule has 0 saturated carbocycles. The topological polar surface area (TPSA) is 118 Å². The zero-order valence-electron chi connectivity index (χ0n) is 17.7. The van der Waals surface area contributed by atoms with Crippen LogP contribution in [-0.4, -0.2) is 57.4 Å². The average Bonchev–Trinajstić information content (AvgIpc) is 2.79. The number of amides is 2. The summed E-state index contributed by atoms with van der Waals surface area (Å²) in [5.41, 5.74) is 1.21. The number of methoxy groups -OCH3 is 1. The van der Waals surface area contributed by atoms with Crippen molar-refractivity contribution in [2.24, 2.45) is 5.92 Å². The molecule has 2 heterocycles. The van der Waals surface area contributed by atoms with Gasteiger partial charge < -0.3 is 15.0 Å². The van der Waals surface area contributed by atoms with Gasteiger partial charge in [-0.15, -0.1) is 0 Å². The van der Waals surface area contributed by atoms with E-state index in [1.54, 1.807) is 17.2 Å². The number of benzene rings is 1. The molecule has 1 aromatic carbocycles. The van der Waals surface area contributed by atoms with Crippen LogP contribution in [0.15, 0.2) is 41.4 Å². The SMILES string of the molecule is CNS(=O)(=O)c1cc(C(=O)N2CCCC(C(=O)Nc3ccc(C)cn3)C2)ccc1OC. The van der Waals surface area contributed by atoms with E-state index in [0.717, 1.165) is 5.56 Å². The van der Waals surface area contributed by atoms with Crippen molar-refractivity contribution in [3.63, 3.8) is 0 Å². The van der Waals surface area contributed by atoms with E-state index in [9.17, 15) is 18.0 Å². The summed E-state index contributed by atoms with van der Waals surface area (Å²) in [5, 5.41) is 2.80. The number of sulfonamides is 1. The summed E-state index contributed by atoms with van der Waals surface area (Å²) >= 11 is 0. The Morgan fingerprint density at radius 2 is 2.00 bits per heavy atom. The number of aryl methyl sites for hydroxylation is 1. The van der Waals surface area contributed by atoms with Crippen molar-refractivity contribution in [1.29, 1.82) is 0 Å². The monoisotopic (exact) mass is 446 g/mol. The number of aromatic nitrogens is 1. The van der Waals surface area contributed by atoms with Crippen LogP contribution >= 0.6 is 0 Å². The molecule has 1 aliphatic rings. The fraction of sp³-hybridized carbons (Fsp3) is 0.381. The third-order valence-electron chi connectivity index (χ3n) is 5.21. The van der Waals surface area contributed by atoms with Gasteiger partial charge in [0.2, 0.25) is 15.9 Å². The van der Waals surface area contributed by atoms with E-state index in [1.807, 2.05) is 13.0 Å². The van der Waals surface area contributed by atoms with Gasteiger partial charge in [0.25, 0.3) is 5.91 Å². The number of likely N-dealkylation sites (tertiary alicyclic amines) is 1. The number of ether oxygens (including phenoxy) is 1. The first kappa shape index (κ1) is 22.7. The highest BCUT2D eigenvalue weighted by Crippen LogP contribution is 2.26. The molecule has 0 bridgehead atoms. The molecule has 1 fully saturated rings. The lowest BCUT2D eigenvalue weighted by Gasteiger charge is -2.32. The van der Waals surface area contributed by atoms with Gasteiger partial charge in [0.05, 0.1) is 13.0 Å². The van der Waals surface area contributed by atoms with Gasteiger partial charge in [-0.1, -0.05) is 6.07 Å². The molecule has 1 unspecified atom stereocenters. The number of pyridine rings is 1. The molecule has 0 spiro atoms. The predicted molar refractivity (Wildman–Crippen MR) is 115 cm³/mol. The predicted octanol–water partition coefficient (Wildman–Crippen LogP) is 1.80. The molecule has 1 aromatic heterocycles. The van der Waals surface area contributed by atoms with Crippen molar-refractivity contribution in [2.45, 2.75) is 24.7 Å². The van der Waals surface area contributed by atoms with Gasteiger partial charge in [0.15, 0.2) is 0 Å². The van der Waals surface area contributed by atoms with Gasteiger partial charge in [-0.2, -0.15) is 0 Å². The van der Waals surface area contributed by atoms with Crippen molar-refractivity contribution in [3.8, 4) is 5.75 Å². The van der Waals surface area contributed by atoms with Crippen LogP contribution in [0.5, 0.6) is 5.75 Å². The first-order valence-electron chi connectivity index (χ1n) is 9.89. The Morgan fingerprint density at radius 1 is 1.23 bits per heavy atom. The van der Waals surface area contributed by atoms with Crippen LogP contribution in [-0.2, 0) is 14.8 Å². The molecule has 1 saturated heterocycles. The van der Waals surface area contributed by atoms with E-state index in [2.05, 4.69) is 15.0 Å². The lowest BCUT2D eigenvalue weighted by atomic mass is 9.96. The third kappa shape index (κ3) is 5.20. The van der Waals surface area contributed by atoms with Crippen molar-refractivity contribution >= 4 is 27.7 Å². The van der Waals surface area contributed by atoms with E-state index in [0.29, 0.717) is 25.2 Å². The van der Waals surface area contributed by atoms with Crippen molar-refractivity contribution in [3.05, 3.63) is 47.7 Å². The number of piperidine rings is 1. The van der Waals surface area contributed by atoms with Crippen LogP contribution in [0.3, 0.4) is 0 Å². The number of nitrogens with zero attached hydrogens (tertiary/aromatic N) is 2. The quantitative estimate of drug-likeness (QED) is 0.699. The van der Waals surface area contributed by atoms with Crippen molar-refractivity contribution in [2.75, 3.05) is 32.6 Å². The fourth-order valence-electron chi connectivity index (χ4n) is 3.46. The van der Waals surface area contributed by atoms with Crippen LogP contribution < -0.4 is 14.8 Å². The summed E-state index contributed by atoms with van der Waals surface area (Å²) in [6, 6.07) is 7.87. The highest BCUT2D eigenvalue weighted by molar-refractivity contribution is 7.89. The van der Waals surface area contributed by atoms with Crippen LogP contribution in [0.4, 0.5) is 5.82 Å². The summed E-state index contributed by atoms with van der Waals surface area (Å²) in [6.45, 7) is 2.65. The normalized spacial score (nSPS) is 16.6. The minimum Gasteiger partial charge on any atom is -0.495 e. The number of hydrogen-bond donors (Lipinski definition) is 2. The molecule has 0 aliphatic carbocycles. The lowest BCUT2D eigenvalue weighted by Crippen LogP contribution is -2.43. The molecule has 31 heavy (non-hydrogen) atoms. The summed E-state index contributed by atoms with van der Waals surface area (Å²) < 4.78 is 31.9. The highest BCUT2D eigenvalue weighted by atomic mass is 32.2. The number of anilines is 1. The summed E-state index contributed by atoms with van der Waals surface area (Å²) in [7, 11) is -1.15. The van der Waals surface area contributed by atoms with E-state index in [-0.39, 0.29) is 40.5 Å². The molecule has 2 aromatic rings. The minimum atomic E-state index is -3.81. The van der Waals surface area contributed by atoms with E-state index in [4.69, 9.17) is 4.74 Å². The molecule has 3 rings (SSSR count). The highest BCUT2D eigenvalue weighted by Gasteiger charge is 2.30. The Morgan fingerprint density at radius 3 is 2.65 bits per heavy atom. The maximum atomic E-state index is 13.1. The average molecular weight is 447 g/mol. The smallest absolute Gasteiger partial charge is 0.253 e. The van der Waals surface area contributed by atoms with Gasteiger partial charge >= 0.3 is 0 Å². The molecule has 2 amide bonds. The standard InChI is InChI=1S/C21H26N4O5S/c1-14-6-9-19(23-12-14)24-20(26)16-5-4-10-25(13-16)21(27)15-7-8-17(30-3)18(11-15)31(28,29)22-2/h6-9,11-12,16,22H,4-5,10,13H2,1-3H3,(H,23,24,26). The van der Waals surface area contributed by atoms with E-state index >= 15 is 0 Å². The zero-order chi connectivity index (χ0) is 22.6. The number of carbonyl (C=O) groups is 2. The molecule has 1 aliphatic heterocycles. The molecule has 9 nitrogen and oxygen atoms in total. The first-order valence-corrected chi connectivity index (χ1v) is 11.4. The molecular formula is C21H26N4O5S. The van der Waals surface area contributed by atoms with Crippen LogP contribution in [0, 0.1) is 12.8 Å². The van der Waals surface area contributed by atoms with E-state index in [1.165, 1.54) is 32.4 Å². The van der Waals surface area contributed by atoms with Crippen molar-refractivity contribution < 1.29 is 22.7 Å². The second-order valence-electron chi connectivity index (χ2n) is 7.37. The summed E-state index contributed by atoms with van der Waals surface area (Å²) in [4.78, 5) is 31.4. The van der Waals surface area contributed by atoms with Gasteiger partial charge in [-0.25, -0.2) is 18.1 Å². The molecule has 166 valence electrons. The number of nitrogens with one attached hydrogen (secondary N) is 2. The third-order valence-corrected chi connectivity index (χ3v) is 6.65. The van der Waals surface area contributed by atoms with Gasteiger partial charge in [-0.05, 0) is 56.6 Å². The summed E-state index contributed by atoms with van der Waals surface area (Å²) in [5.74, 6) is -0.286. The second-order valence-corrected chi connectivity index (χ2v) is 9.23. The minimum absolute atomic E-state index is 0.111.